The van der Waals surface area contributed by atoms with E-state index >= 15 is 0 Å². The molecule has 1 aromatic carbocycles. The second kappa shape index (κ2) is 5.65. The minimum Gasteiger partial charge on any atom is -0.330 e. The SMILES string of the molecule is CNC(CCN)c1cc(C(C)(C)C)ccc1C. The number of aryl methyl sites for hydroxylation is 1. The molecule has 2 heteroatoms. The quantitative estimate of drug-likeness (QED) is 0.840. The molecule has 1 atom stereocenters. The number of nitrogens with two attached hydrogens (primary N) is 1. The van der Waals surface area contributed by atoms with E-state index in [1.165, 1.54) is 16.7 Å². The molecule has 0 spiro atoms. The lowest BCUT2D eigenvalue weighted by molar-refractivity contribution is 0.546. The predicted octanol–water partition coefficient (Wildman–Crippen LogP) is 2.90. The molecular formula is C15H26N2. The predicted molar refractivity (Wildman–Crippen MR) is 75.4 cm³/mol. The maximum absolute atomic E-state index is 5.68. The molecule has 0 aromatic heterocycles. The molecule has 3 N–H and O–H groups in total. The summed E-state index contributed by atoms with van der Waals surface area (Å²) in [7, 11) is 2.00. The first kappa shape index (κ1) is 14.2. The number of benzene rings is 1. The zero-order valence-corrected chi connectivity index (χ0v) is 11.8. The fourth-order valence-electron chi connectivity index (χ4n) is 2.10. The Hall–Kier alpha value is -0.860. The zero-order valence-electron chi connectivity index (χ0n) is 11.8. The number of hydrogen-bond donors (Lipinski definition) is 2. The number of hydrogen-bond acceptors (Lipinski definition) is 2. The van der Waals surface area contributed by atoms with E-state index in [0.29, 0.717) is 12.6 Å². The third-order valence-corrected chi connectivity index (χ3v) is 3.32. The summed E-state index contributed by atoms with van der Waals surface area (Å²) in [6, 6.07) is 7.14. The Bertz CT molecular complexity index is 364. The third kappa shape index (κ3) is 3.55. The molecule has 96 valence electrons. The molecule has 0 aliphatic rings. The Balaban J connectivity index is 3.13. The van der Waals surface area contributed by atoms with Crippen molar-refractivity contribution < 1.29 is 0 Å². The summed E-state index contributed by atoms with van der Waals surface area (Å²) >= 11 is 0. The van der Waals surface area contributed by atoms with Gasteiger partial charge in [0, 0.05) is 6.04 Å². The molecule has 1 aromatic rings. The van der Waals surface area contributed by atoms with Gasteiger partial charge in [0.25, 0.3) is 0 Å². The summed E-state index contributed by atoms with van der Waals surface area (Å²) in [6.07, 6.45) is 0.977. The maximum Gasteiger partial charge on any atom is 0.0332 e. The lowest BCUT2D eigenvalue weighted by Crippen LogP contribution is -2.22. The van der Waals surface area contributed by atoms with Crippen LogP contribution in [0.25, 0.3) is 0 Å². The van der Waals surface area contributed by atoms with E-state index in [9.17, 15) is 0 Å². The minimum absolute atomic E-state index is 0.198. The van der Waals surface area contributed by atoms with Crippen molar-refractivity contribution in [3.63, 3.8) is 0 Å². The monoisotopic (exact) mass is 234 g/mol. The molecular weight excluding hydrogens is 208 g/mol. The van der Waals surface area contributed by atoms with Gasteiger partial charge >= 0.3 is 0 Å². The van der Waals surface area contributed by atoms with Crippen LogP contribution in [0.3, 0.4) is 0 Å². The molecule has 1 rings (SSSR count). The van der Waals surface area contributed by atoms with Crippen LogP contribution in [0.2, 0.25) is 0 Å². The molecule has 0 fully saturated rings. The first-order chi connectivity index (χ1) is 7.90. The smallest absolute Gasteiger partial charge is 0.0332 e. The van der Waals surface area contributed by atoms with Gasteiger partial charge in [-0.2, -0.15) is 0 Å². The standard InChI is InChI=1S/C15H26N2/c1-11-6-7-12(15(2,3)4)10-13(11)14(17-5)8-9-16/h6-7,10,14,17H,8-9,16H2,1-5H3. The lowest BCUT2D eigenvalue weighted by atomic mass is 9.84. The van der Waals surface area contributed by atoms with Gasteiger partial charge in [0.05, 0.1) is 0 Å². The molecule has 0 saturated heterocycles. The van der Waals surface area contributed by atoms with Crippen molar-refractivity contribution in [1.29, 1.82) is 0 Å². The second-order valence-electron chi connectivity index (χ2n) is 5.74. The highest BCUT2D eigenvalue weighted by Crippen LogP contribution is 2.28. The normalized spacial score (nSPS) is 13.8. The number of nitrogens with one attached hydrogen (secondary N) is 1. The Morgan fingerprint density at radius 2 is 1.94 bits per heavy atom. The van der Waals surface area contributed by atoms with E-state index in [-0.39, 0.29) is 5.41 Å². The molecule has 2 nitrogen and oxygen atoms in total. The highest BCUT2D eigenvalue weighted by molar-refractivity contribution is 5.36. The fourth-order valence-corrected chi connectivity index (χ4v) is 2.10. The highest BCUT2D eigenvalue weighted by Gasteiger charge is 2.17. The Morgan fingerprint density at radius 1 is 1.29 bits per heavy atom. The van der Waals surface area contributed by atoms with Crippen LogP contribution in [0.5, 0.6) is 0 Å². The Kier molecular flexibility index (Phi) is 4.72. The van der Waals surface area contributed by atoms with Crippen LogP contribution in [-0.2, 0) is 5.41 Å². The zero-order chi connectivity index (χ0) is 13.1. The van der Waals surface area contributed by atoms with Crippen LogP contribution < -0.4 is 11.1 Å². The van der Waals surface area contributed by atoms with Gasteiger partial charge in [-0.05, 0) is 49.0 Å². The van der Waals surface area contributed by atoms with Crippen LogP contribution in [0.15, 0.2) is 18.2 Å². The number of rotatable bonds is 4. The first-order valence-corrected chi connectivity index (χ1v) is 6.38. The largest absolute Gasteiger partial charge is 0.330 e. The molecule has 0 heterocycles. The average molecular weight is 234 g/mol. The van der Waals surface area contributed by atoms with Crippen LogP contribution in [0.4, 0.5) is 0 Å². The van der Waals surface area contributed by atoms with Crippen molar-refractivity contribution in [2.24, 2.45) is 5.73 Å². The van der Waals surface area contributed by atoms with Crippen molar-refractivity contribution in [1.82, 2.24) is 5.32 Å². The Labute approximate surface area is 106 Å². The molecule has 17 heavy (non-hydrogen) atoms. The van der Waals surface area contributed by atoms with Gasteiger partial charge in [-0.25, -0.2) is 0 Å². The van der Waals surface area contributed by atoms with Gasteiger partial charge in [0.1, 0.15) is 0 Å². The molecule has 0 bridgehead atoms. The van der Waals surface area contributed by atoms with E-state index < -0.39 is 0 Å². The third-order valence-electron chi connectivity index (χ3n) is 3.32. The van der Waals surface area contributed by atoms with Crippen molar-refractivity contribution in [2.75, 3.05) is 13.6 Å². The molecule has 0 aliphatic carbocycles. The first-order valence-electron chi connectivity index (χ1n) is 6.38. The maximum atomic E-state index is 5.68. The fraction of sp³-hybridized carbons (Fsp3) is 0.600. The van der Waals surface area contributed by atoms with Gasteiger partial charge in [-0.3, -0.25) is 0 Å². The molecule has 0 amide bonds. The van der Waals surface area contributed by atoms with Crippen molar-refractivity contribution in [3.8, 4) is 0 Å². The van der Waals surface area contributed by atoms with Gasteiger partial charge < -0.3 is 11.1 Å². The van der Waals surface area contributed by atoms with E-state index in [1.54, 1.807) is 0 Å². The molecule has 0 aliphatic heterocycles. The second-order valence-corrected chi connectivity index (χ2v) is 5.74. The van der Waals surface area contributed by atoms with Crippen LogP contribution >= 0.6 is 0 Å². The molecule has 0 saturated carbocycles. The van der Waals surface area contributed by atoms with Crippen LogP contribution in [-0.4, -0.2) is 13.6 Å². The van der Waals surface area contributed by atoms with Crippen molar-refractivity contribution in [3.05, 3.63) is 34.9 Å². The molecule has 1 unspecified atom stereocenters. The van der Waals surface area contributed by atoms with Crippen LogP contribution in [0.1, 0.15) is 49.9 Å². The summed E-state index contributed by atoms with van der Waals surface area (Å²) in [6.45, 7) is 9.63. The van der Waals surface area contributed by atoms with Crippen molar-refractivity contribution in [2.45, 2.75) is 45.6 Å². The van der Waals surface area contributed by atoms with E-state index in [2.05, 4.69) is 51.2 Å². The molecule has 0 radical (unpaired) electrons. The topological polar surface area (TPSA) is 38.0 Å². The summed E-state index contributed by atoms with van der Waals surface area (Å²) in [5, 5.41) is 3.36. The van der Waals surface area contributed by atoms with Gasteiger partial charge in [0.2, 0.25) is 0 Å². The lowest BCUT2D eigenvalue weighted by Gasteiger charge is -2.24. The summed E-state index contributed by atoms with van der Waals surface area (Å²) in [5.74, 6) is 0. The highest BCUT2D eigenvalue weighted by atomic mass is 14.9. The average Bonchev–Trinajstić information content (AvgIpc) is 2.25. The van der Waals surface area contributed by atoms with E-state index in [4.69, 9.17) is 5.73 Å². The van der Waals surface area contributed by atoms with E-state index in [0.717, 1.165) is 6.42 Å². The minimum atomic E-state index is 0.198. The van der Waals surface area contributed by atoms with Crippen molar-refractivity contribution >= 4 is 0 Å². The van der Waals surface area contributed by atoms with Gasteiger partial charge in [0.15, 0.2) is 0 Å². The van der Waals surface area contributed by atoms with Gasteiger partial charge in [-0.15, -0.1) is 0 Å². The summed E-state index contributed by atoms with van der Waals surface area (Å²) in [5.41, 5.74) is 9.98. The Morgan fingerprint density at radius 3 is 2.41 bits per heavy atom. The summed E-state index contributed by atoms with van der Waals surface area (Å²) < 4.78 is 0. The van der Waals surface area contributed by atoms with E-state index in [1.807, 2.05) is 7.05 Å². The van der Waals surface area contributed by atoms with Gasteiger partial charge in [-0.1, -0.05) is 39.0 Å². The van der Waals surface area contributed by atoms with Crippen LogP contribution in [0, 0.1) is 6.92 Å². The summed E-state index contributed by atoms with van der Waals surface area (Å²) in [4.78, 5) is 0.